The van der Waals surface area contributed by atoms with E-state index in [-0.39, 0.29) is 12.2 Å². The molecule has 0 spiro atoms. The van der Waals surface area contributed by atoms with Crippen LogP contribution >= 0.6 is 0 Å². The number of hydrogen-bond donors (Lipinski definition) is 2. The first-order valence-corrected chi connectivity index (χ1v) is 5.38. The van der Waals surface area contributed by atoms with Crippen LogP contribution in [-0.2, 0) is 4.79 Å². The van der Waals surface area contributed by atoms with Crippen LogP contribution in [0.1, 0.15) is 12.0 Å². The van der Waals surface area contributed by atoms with Gasteiger partial charge in [-0.1, -0.05) is 0 Å². The van der Waals surface area contributed by atoms with Gasteiger partial charge in [0.1, 0.15) is 17.2 Å². The first-order chi connectivity index (χ1) is 8.01. The second-order valence-corrected chi connectivity index (χ2v) is 4.37. The molecule has 0 radical (unpaired) electrons. The largest absolute Gasteiger partial charge is 0.484 e. The molecule has 0 amide bonds. The van der Waals surface area contributed by atoms with Gasteiger partial charge in [0.15, 0.2) is 0 Å². The van der Waals surface area contributed by atoms with E-state index < -0.39 is 11.6 Å². The predicted octanol–water partition coefficient (Wildman–Crippen LogP) is 1.33. The summed E-state index contributed by atoms with van der Waals surface area (Å²) in [5, 5.41) is 11.8. The van der Waals surface area contributed by atoms with Crippen LogP contribution in [-0.4, -0.2) is 29.8 Å². The van der Waals surface area contributed by atoms with Crippen molar-refractivity contribution in [1.82, 2.24) is 5.32 Å². The zero-order valence-corrected chi connectivity index (χ0v) is 9.50. The van der Waals surface area contributed by atoms with E-state index in [1.54, 1.807) is 6.92 Å². The third-order valence-electron chi connectivity index (χ3n) is 2.83. The number of aryl methyl sites for hydroxylation is 1. The minimum Gasteiger partial charge on any atom is -0.484 e. The lowest BCUT2D eigenvalue weighted by molar-refractivity contribution is -0.143. The Balaban J connectivity index is 2.15. The minimum absolute atomic E-state index is 0.0587. The standard InChI is InChI=1S/C12H14FNO3/c1-8-4-9(13)2-3-10(8)17-12(5-11(15)16)6-14-7-12/h2-4,14H,5-7H2,1H3,(H,15,16). The molecular weight excluding hydrogens is 225 g/mol. The van der Waals surface area contributed by atoms with Crippen molar-refractivity contribution < 1.29 is 19.0 Å². The van der Waals surface area contributed by atoms with E-state index in [2.05, 4.69) is 5.32 Å². The van der Waals surface area contributed by atoms with E-state index in [9.17, 15) is 9.18 Å². The Bertz CT molecular complexity index is 443. The summed E-state index contributed by atoms with van der Waals surface area (Å²) in [6, 6.07) is 4.21. The van der Waals surface area contributed by atoms with E-state index in [1.165, 1.54) is 18.2 Å². The molecule has 0 aliphatic carbocycles. The Kier molecular flexibility index (Phi) is 3.02. The number of carboxylic acid groups (broad SMARTS) is 1. The number of benzene rings is 1. The van der Waals surface area contributed by atoms with Gasteiger partial charge in [0.05, 0.1) is 6.42 Å². The van der Waals surface area contributed by atoms with Gasteiger partial charge in [0.25, 0.3) is 0 Å². The van der Waals surface area contributed by atoms with Crippen LogP contribution in [0.2, 0.25) is 0 Å². The Labute approximate surface area is 98.4 Å². The number of nitrogens with one attached hydrogen (secondary N) is 1. The Morgan fingerprint density at radius 1 is 1.59 bits per heavy atom. The highest BCUT2D eigenvalue weighted by molar-refractivity contribution is 5.68. The van der Waals surface area contributed by atoms with Gasteiger partial charge >= 0.3 is 5.97 Å². The molecule has 2 N–H and O–H groups in total. The van der Waals surface area contributed by atoms with E-state index in [1.807, 2.05) is 0 Å². The summed E-state index contributed by atoms with van der Waals surface area (Å²) in [6.45, 7) is 2.73. The molecule has 0 unspecified atom stereocenters. The summed E-state index contributed by atoms with van der Waals surface area (Å²) in [7, 11) is 0. The van der Waals surface area contributed by atoms with Crippen LogP contribution < -0.4 is 10.1 Å². The fourth-order valence-electron chi connectivity index (χ4n) is 1.87. The summed E-state index contributed by atoms with van der Waals surface area (Å²) in [6.07, 6.45) is -0.0587. The van der Waals surface area contributed by atoms with Crippen LogP contribution in [0.3, 0.4) is 0 Å². The highest BCUT2D eigenvalue weighted by atomic mass is 19.1. The molecule has 1 aromatic carbocycles. The smallest absolute Gasteiger partial charge is 0.307 e. The number of carbonyl (C=O) groups is 1. The Morgan fingerprint density at radius 2 is 2.29 bits per heavy atom. The van der Waals surface area contributed by atoms with E-state index >= 15 is 0 Å². The van der Waals surface area contributed by atoms with Gasteiger partial charge in [-0.25, -0.2) is 4.39 Å². The number of aliphatic carboxylic acids is 1. The summed E-state index contributed by atoms with van der Waals surface area (Å²) in [5.74, 6) is -0.686. The van der Waals surface area contributed by atoms with E-state index in [0.717, 1.165) is 0 Å². The maximum atomic E-state index is 12.9. The quantitative estimate of drug-likeness (QED) is 0.832. The van der Waals surface area contributed by atoms with Gasteiger partial charge in [-0.05, 0) is 30.7 Å². The van der Waals surface area contributed by atoms with Crippen LogP contribution in [0.25, 0.3) is 0 Å². The van der Waals surface area contributed by atoms with Gasteiger partial charge in [-0.3, -0.25) is 4.79 Å². The molecule has 1 aromatic rings. The summed E-state index contributed by atoms with van der Waals surface area (Å²) in [4.78, 5) is 10.8. The third kappa shape index (κ3) is 2.55. The predicted molar refractivity (Wildman–Crippen MR) is 59.6 cm³/mol. The van der Waals surface area contributed by atoms with Crippen molar-refractivity contribution in [2.45, 2.75) is 18.9 Å². The van der Waals surface area contributed by atoms with Crippen molar-refractivity contribution in [2.24, 2.45) is 0 Å². The maximum absolute atomic E-state index is 12.9. The van der Waals surface area contributed by atoms with E-state index in [4.69, 9.17) is 9.84 Å². The van der Waals surface area contributed by atoms with Gasteiger partial charge < -0.3 is 15.2 Å². The first kappa shape index (κ1) is 11.9. The van der Waals surface area contributed by atoms with Crippen LogP contribution in [0, 0.1) is 12.7 Å². The lowest BCUT2D eigenvalue weighted by Crippen LogP contribution is -2.64. The fourth-order valence-corrected chi connectivity index (χ4v) is 1.87. The summed E-state index contributed by atoms with van der Waals surface area (Å²) < 4.78 is 18.6. The maximum Gasteiger partial charge on any atom is 0.307 e. The van der Waals surface area contributed by atoms with Crippen molar-refractivity contribution in [1.29, 1.82) is 0 Å². The number of rotatable bonds is 4. The SMILES string of the molecule is Cc1cc(F)ccc1OC1(CC(=O)O)CNC1. The number of hydrogen-bond acceptors (Lipinski definition) is 3. The van der Waals surface area contributed by atoms with Crippen LogP contribution in [0.15, 0.2) is 18.2 Å². The first-order valence-electron chi connectivity index (χ1n) is 5.38. The minimum atomic E-state index is -0.897. The van der Waals surface area contributed by atoms with E-state index in [0.29, 0.717) is 24.4 Å². The van der Waals surface area contributed by atoms with Crippen molar-refractivity contribution in [3.05, 3.63) is 29.6 Å². The number of carboxylic acids is 1. The number of halogens is 1. The highest BCUT2D eigenvalue weighted by Crippen LogP contribution is 2.28. The second kappa shape index (κ2) is 4.33. The van der Waals surface area contributed by atoms with Crippen molar-refractivity contribution >= 4 is 5.97 Å². The van der Waals surface area contributed by atoms with Gasteiger partial charge in [-0.2, -0.15) is 0 Å². The Hall–Kier alpha value is -1.62. The normalized spacial score (nSPS) is 17.3. The molecular formula is C12H14FNO3. The Morgan fingerprint density at radius 3 is 2.76 bits per heavy atom. The van der Waals surface area contributed by atoms with Crippen molar-refractivity contribution in [3.63, 3.8) is 0 Å². The molecule has 5 heteroatoms. The molecule has 4 nitrogen and oxygen atoms in total. The molecule has 17 heavy (non-hydrogen) atoms. The molecule has 1 aliphatic rings. The third-order valence-corrected chi connectivity index (χ3v) is 2.83. The average molecular weight is 239 g/mol. The molecule has 0 aromatic heterocycles. The molecule has 1 fully saturated rings. The number of ether oxygens (including phenoxy) is 1. The summed E-state index contributed by atoms with van der Waals surface area (Å²) in [5.41, 5.74) is -0.0318. The zero-order valence-electron chi connectivity index (χ0n) is 9.50. The van der Waals surface area contributed by atoms with Crippen molar-refractivity contribution in [2.75, 3.05) is 13.1 Å². The molecule has 2 rings (SSSR count). The molecule has 1 heterocycles. The lowest BCUT2D eigenvalue weighted by atomic mass is 9.92. The fraction of sp³-hybridized carbons (Fsp3) is 0.417. The van der Waals surface area contributed by atoms with Crippen molar-refractivity contribution in [3.8, 4) is 5.75 Å². The average Bonchev–Trinajstić information content (AvgIpc) is 2.18. The van der Waals surface area contributed by atoms with Gasteiger partial charge in [0.2, 0.25) is 0 Å². The van der Waals surface area contributed by atoms with Crippen LogP contribution in [0.4, 0.5) is 4.39 Å². The molecule has 0 atom stereocenters. The molecule has 1 aliphatic heterocycles. The molecule has 1 saturated heterocycles. The van der Waals surface area contributed by atoms with Gasteiger partial charge in [-0.15, -0.1) is 0 Å². The zero-order chi connectivity index (χ0) is 12.5. The molecule has 0 bridgehead atoms. The summed E-state index contributed by atoms with van der Waals surface area (Å²) >= 11 is 0. The monoisotopic (exact) mass is 239 g/mol. The van der Waals surface area contributed by atoms with Crippen LogP contribution in [0.5, 0.6) is 5.75 Å². The second-order valence-electron chi connectivity index (χ2n) is 4.37. The van der Waals surface area contributed by atoms with Gasteiger partial charge in [0, 0.05) is 13.1 Å². The topological polar surface area (TPSA) is 58.6 Å². The molecule has 0 saturated carbocycles. The lowest BCUT2D eigenvalue weighted by Gasteiger charge is -2.41. The highest BCUT2D eigenvalue weighted by Gasteiger charge is 2.41. The molecule has 92 valence electrons.